The molecule has 3 aromatic heterocycles. The number of aromatic nitrogens is 4. The summed E-state index contributed by atoms with van der Waals surface area (Å²) in [6, 6.07) is 58.9. The molecule has 0 amide bonds. The Morgan fingerprint density at radius 3 is 1.81 bits per heavy atom. The summed E-state index contributed by atoms with van der Waals surface area (Å²) >= 11 is 0. The van der Waals surface area contributed by atoms with Crippen LogP contribution in [0.5, 0.6) is 0 Å². The lowest BCUT2D eigenvalue weighted by molar-refractivity contribution is 0.660. The molecule has 0 N–H and O–H groups in total. The normalized spacial score (nSPS) is 13.3. The van der Waals surface area contributed by atoms with Crippen molar-refractivity contribution in [2.24, 2.45) is 0 Å². The Morgan fingerprint density at radius 1 is 0.474 bits per heavy atom. The standard InChI is InChI=1S/C52H34N4O/c1-52(2)41-25-13-10-18-33(41)34-29-28-31(30-42(34)52)47-39-23-11-14-26-43(39)53-51(54-47)56-44-27-15-12-24-40(44)46-36-20-7-6-19-35(36)45-37-21-8-9-22-38(37)50(57)55(48(45)49(46)56)32-16-4-3-5-17-32/h3-30H,1-2H3. The van der Waals surface area contributed by atoms with E-state index in [1.165, 1.54) is 22.3 Å². The quantitative estimate of drug-likeness (QED) is 0.170. The van der Waals surface area contributed by atoms with Gasteiger partial charge in [0.25, 0.3) is 5.56 Å². The van der Waals surface area contributed by atoms with E-state index in [0.29, 0.717) is 11.3 Å². The van der Waals surface area contributed by atoms with Crippen LogP contribution in [0.4, 0.5) is 0 Å². The van der Waals surface area contributed by atoms with Crippen LogP contribution in [0.3, 0.4) is 0 Å². The van der Waals surface area contributed by atoms with E-state index < -0.39 is 0 Å². The average molecular weight is 731 g/mol. The van der Waals surface area contributed by atoms with E-state index >= 15 is 0 Å². The first-order valence-electron chi connectivity index (χ1n) is 19.5. The van der Waals surface area contributed by atoms with Crippen molar-refractivity contribution >= 4 is 65.2 Å². The summed E-state index contributed by atoms with van der Waals surface area (Å²) in [6.45, 7) is 4.63. The second-order valence-electron chi connectivity index (χ2n) is 15.7. The lowest BCUT2D eigenvalue weighted by atomic mass is 9.82. The smallest absolute Gasteiger partial charge is 0.263 e. The monoisotopic (exact) mass is 730 g/mol. The van der Waals surface area contributed by atoms with Crippen molar-refractivity contribution in [2.75, 3.05) is 0 Å². The van der Waals surface area contributed by atoms with Crippen LogP contribution in [-0.4, -0.2) is 19.1 Å². The van der Waals surface area contributed by atoms with Crippen molar-refractivity contribution in [1.29, 1.82) is 0 Å². The van der Waals surface area contributed by atoms with Gasteiger partial charge in [-0.05, 0) is 74.8 Å². The molecule has 0 aliphatic heterocycles. The second-order valence-corrected chi connectivity index (χ2v) is 15.7. The molecule has 0 saturated carbocycles. The molecule has 57 heavy (non-hydrogen) atoms. The van der Waals surface area contributed by atoms with E-state index in [1.807, 2.05) is 59.2 Å². The minimum Gasteiger partial charge on any atom is -0.276 e. The number of nitrogens with zero attached hydrogens (tertiary/aromatic N) is 4. The van der Waals surface area contributed by atoms with E-state index in [9.17, 15) is 4.79 Å². The zero-order valence-electron chi connectivity index (χ0n) is 31.4. The topological polar surface area (TPSA) is 52.7 Å². The Kier molecular flexibility index (Phi) is 6.48. The highest BCUT2D eigenvalue weighted by Crippen LogP contribution is 2.50. The fourth-order valence-electron chi connectivity index (χ4n) is 9.77. The third-order valence-corrected chi connectivity index (χ3v) is 12.3. The Morgan fingerprint density at radius 2 is 1.04 bits per heavy atom. The second kappa shape index (κ2) is 11.6. The Hall–Kier alpha value is -7.37. The number of benzene rings is 8. The first-order chi connectivity index (χ1) is 28.0. The molecule has 5 nitrogen and oxygen atoms in total. The molecule has 0 fully saturated rings. The predicted octanol–water partition coefficient (Wildman–Crippen LogP) is 12.3. The largest absolute Gasteiger partial charge is 0.276 e. The van der Waals surface area contributed by atoms with Crippen LogP contribution in [0.25, 0.3) is 99.2 Å². The Labute approximate surface area is 327 Å². The van der Waals surface area contributed by atoms with Gasteiger partial charge in [0.2, 0.25) is 5.95 Å². The van der Waals surface area contributed by atoms with Gasteiger partial charge in [0.05, 0.1) is 27.8 Å². The molecule has 0 bridgehead atoms. The zero-order chi connectivity index (χ0) is 38.0. The summed E-state index contributed by atoms with van der Waals surface area (Å²) in [5, 5.41) is 7.92. The summed E-state index contributed by atoms with van der Waals surface area (Å²) < 4.78 is 4.11. The third kappa shape index (κ3) is 4.31. The number of rotatable bonds is 3. The lowest BCUT2D eigenvalue weighted by Gasteiger charge is -2.22. The SMILES string of the molecule is CC1(C)c2ccccc2-c2ccc(-c3nc(-n4c5ccccc5c5c6ccccc6c6c7ccccc7c(=O)n(-c7ccccc7)c6c54)nc4ccccc34)cc21. The molecular weight excluding hydrogens is 697 g/mol. The van der Waals surface area contributed by atoms with E-state index in [1.54, 1.807) is 0 Å². The minimum atomic E-state index is -0.162. The number of pyridine rings is 1. The van der Waals surface area contributed by atoms with Crippen LogP contribution >= 0.6 is 0 Å². The van der Waals surface area contributed by atoms with Gasteiger partial charge in [0, 0.05) is 43.6 Å². The van der Waals surface area contributed by atoms with Crippen LogP contribution in [0.1, 0.15) is 25.0 Å². The average Bonchev–Trinajstić information content (AvgIpc) is 3.73. The van der Waals surface area contributed by atoms with Crippen LogP contribution in [0.2, 0.25) is 0 Å². The van der Waals surface area contributed by atoms with Crippen molar-refractivity contribution < 1.29 is 0 Å². The van der Waals surface area contributed by atoms with Crippen molar-refractivity contribution in [1.82, 2.24) is 19.1 Å². The predicted molar refractivity (Wildman–Crippen MR) is 235 cm³/mol. The molecule has 1 aliphatic rings. The Balaban J connectivity index is 1.27. The fourth-order valence-corrected chi connectivity index (χ4v) is 9.77. The first-order valence-corrected chi connectivity index (χ1v) is 19.5. The van der Waals surface area contributed by atoms with Crippen molar-refractivity contribution in [2.45, 2.75) is 19.3 Å². The highest BCUT2D eigenvalue weighted by Gasteiger charge is 2.35. The maximum atomic E-state index is 14.9. The van der Waals surface area contributed by atoms with Gasteiger partial charge < -0.3 is 0 Å². The molecule has 0 atom stereocenters. The van der Waals surface area contributed by atoms with Gasteiger partial charge >= 0.3 is 0 Å². The maximum Gasteiger partial charge on any atom is 0.263 e. The highest BCUT2D eigenvalue weighted by molar-refractivity contribution is 6.35. The van der Waals surface area contributed by atoms with E-state index in [-0.39, 0.29) is 11.0 Å². The summed E-state index contributed by atoms with van der Waals surface area (Å²) in [5.41, 5.74) is 11.2. The molecule has 0 unspecified atom stereocenters. The molecule has 1 aliphatic carbocycles. The van der Waals surface area contributed by atoms with E-state index in [2.05, 4.69) is 134 Å². The number of hydrogen-bond donors (Lipinski definition) is 0. The number of hydrogen-bond acceptors (Lipinski definition) is 3. The lowest BCUT2D eigenvalue weighted by Crippen LogP contribution is -2.20. The molecule has 0 radical (unpaired) electrons. The zero-order valence-corrected chi connectivity index (χ0v) is 31.4. The van der Waals surface area contributed by atoms with Gasteiger partial charge in [-0.2, -0.15) is 0 Å². The maximum absolute atomic E-state index is 14.9. The van der Waals surface area contributed by atoms with Gasteiger partial charge in [-0.3, -0.25) is 13.9 Å². The molecule has 11 aromatic rings. The van der Waals surface area contributed by atoms with Crippen LogP contribution in [-0.2, 0) is 5.41 Å². The molecule has 8 aromatic carbocycles. The van der Waals surface area contributed by atoms with Gasteiger partial charge in [-0.25, -0.2) is 9.97 Å². The Bertz CT molecular complexity index is 3580. The van der Waals surface area contributed by atoms with Gasteiger partial charge in [0.1, 0.15) is 0 Å². The minimum absolute atomic E-state index is 0.0699. The van der Waals surface area contributed by atoms with E-state index in [4.69, 9.17) is 9.97 Å². The summed E-state index contributed by atoms with van der Waals surface area (Å²) in [5.74, 6) is 0.551. The van der Waals surface area contributed by atoms with Gasteiger partial charge in [0.15, 0.2) is 0 Å². The molecule has 0 spiro atoms. The van der Waals surface area contributed by atoms with Crippen LogP contribution in [0, 0.1) is 0 Å². The summed E-state index contributed by atoms with van der Waals surface area (Å²) in [6.07, 6.45) is 0. The molecule has 3 heterocycles. The number of para-hydroxylation sites is 3. The van der Waals surface area contributed by atoms with Gasteiger partial charge in [-0.1, -0.05) is 147 Å². The van der Waals surface area contributed by atoms with Gasteiger partial charge in [-0.15, -0.1) is 0 Å². The number of fused-ring (bicyclic) bond motifs is 14. The first kappa shape index (κ1) is 31.9. The van der Waals surface area contributed by atoms with Crippen molar-refractivity contribution in [3.63, 3.8) is 0 Å². The third-order valence-electron chi connectivity index (χ3n) is 12.3. The molecule has 5 heteroatoms. The summed E-state index contributed by atoms with van der Waals surface area (Å²) in [7, 11) is 0. The molecule has 268 valence electrons. The van der Waals surface area contributed by atoms with Crippen molar-refractivity contribution in [3.05, 3.63) is 191 Å². The summed E-state index contributed by atoms with van der Waals surface area (Å²) in [4.78, 5) is 25.9. The van der Waals surface area contributed by atoms with Crippen LogP contribution in [0.15, 0.2) is 175 Å². The van der Waals surface area contributed by atoms with Crippen molar-refractivity contribution in [3.8, 4) is 34.0 Å². The van der Waals surface area contributed by atoms with E-state index in [0.717, 1.165) is 76.7 Å². The highest BCUT2D eigenvalue weighted by atomic mass is 16.1. The molecule has 0 saturated heterocycles. The molecular formula is C52H34N4O. The molecule has 12 rings (SSSR count). The van der Waals surface area contributed by atoms with Crippen LogP contribution < -0.4 is 5.56 Å². The fraction of sp³-hybridized carbons (Fsp3) is 0.0577.